The van der Waals surface area contributed by atoms with E-state index < -0.39 is 0 Å². The highest BCUT2D eigenvalue weighted by Gasteiger charge is 2.32. The van der Waals surface area contributed by atoms with E-state index in [4.69, 9.17) is 9.47 Å². The lowest BCUT2D eigenvalue weighted by Crippen LogP contribution is -2.18. The molecule has 4 nitrogen and oxygen atoms in total. The Morgan fingerprint density at radius 1 is 0.880 bits per heavy atom. The van der Waals surface area contributed by atoms with Crippen LogP contribution in [-0.2, 0) is 0 Å². The monoisotopic (exact) mass is 362 g/mol. The predicted molar refractivity (Wildman–Crippen MR) is 102 cm³/mol. The first kappa shape index (κ1) is 19.6. The zero-order chi connectivity index (χ0) is 18.2. The van der Waals surface area contributed by atoms with E-state index in [1.165, 1.54) is 57.7 Å². The molecule has 0 N–H and O–H groups in total. The third kappa shape index (κ3) is 4.66. The van der Waals surface area contributed by atoms with Crippen LogP contribution >= 0.6 is 11.8 Å². The van der Waals surface area contributed by atoms with Crippen LogP contribution in [0.4, 0.5) is 0 Å². The van der Waals surface area contributed by atoms with Crippen molar-refractivity contribution in [2.75, 3.05) is 20.0 Å². The lowest BCUT2D eigenvalue weighted by Gasteiger charge is -2.19. The molecule has 0 saturated heterocycles. The van der Waals surface area contributed by atoms with Crippen molar-refractivity contribution >= 4 is 23.3 Å². The van der Waals surface area contributed by atoms with Crippen molar-refractivity contribution in [3.05, 3.63) is 34.2 Å². The number of methoxy groups -OCH3 is 2. The molecule has 0 radical (unpaired) electrons. The summed E-state index contributed by atoms with van der Waals surface area (Å²) in [5, 5.41) is 0. The van der Waals surface area contributed by atoms with Crippen molar-refractivity contribution in [1.29, 1.82) is 0 Å². The average molecular weight is 362 g/mol. The maximum atomic E-state index is 12.8. The Hall–Kier alpha value is -1.75. The number of unbranched alkanes of at least 4 members (excludes halogenated alkanes) is 5. The fraction of sp³-hybridized carbons (Fsp3) is 0.500. The van der Waals surface area contributed by atoms with Crippen molar-refractivity contribution in [3.8, 4) is 11.5 Å². The fourth-order valence-corrected chi connectivity index (χ4v) is 3.92. The molecule has 0 bridgehead atoms. The van der Waals surface area contributed by atoms with Crippen molar-refractivity contribution in [2.45, 2.75) is 45.4 Å². The van der Waals surface area contributed by atoms with Gasteiger partial charge in [-0.2, -0.15) is 0 Å². The molecule has 5 heteroatoms. The molecule has 0 aliphatic heterocycles. The van der Waals surface area contributed by atoms with Crippen molar-refractivity contribution in [2.24, 2.45) is 0 Å². The number of benzene rings is 1. The Labute approximate surface area is 154 Å². The summed E-state index contributed by atoms with van der Waals surface area (Å²) in [4.78, 5) is 25.9. The van der Waals surface area contributed by atoms with Crippen LogP contribution in [0.5, 0.6) is 11.5 Å². The topological polar surface area (TPSA) is 52.6 Å². The number of ketones is 2. The summed E-state index contributed by atoms with van der Waals surface area (Å²) < 4.78 is 10.5. The van der Waals surface area contributed by atoms with Gasteiger partial charge in [-0.25, -0.2) is 0 Å². The first-order valence-electron chi connectivity index (χ1n) is 8.82. The Morgan fingerprint density at radius 2 is 1.48 bits per heavy atom. The molecule has 25 heavy (non-hydrogen) atoms. The molecule has 0 fully saturated rings. The summed E-state index contributed by atoms with van der Waals surface area (Å²) in [7, 11) is 2.99. The lowest BCUT2D eigenvalue weighted by atomic mass is 9.93. The molecular formula is C20H26O4S. The summed E-state index contributed by atoms with van der Waals surface area (Å²) in [6.07, 6.45) is 8.67. The number of carbonyl (C=O) groups excluding carboxylic acids is 2. The summed E-state index contributed by atoms with van der Waals surface area (Å²) in [6, 6.07) is 3.33. The molecule has 0 heterocycles. The molecular weight excluding hydrogens is 336 g/mol. The van der Waals surface area contributed by atoms with E-state index in [1.54, 1.807) is 12.1 Å². The van der Waals surface area contributed by atoms with Gasteiger partial charge in [-0.15, -0.1) is 11.8 Å². The van der Waals surface area contributed by atoms with Gasteiger partial charge in [-0.3, -0.25) is 9.59 Å². The minimum atomic E-state index is -0.198. The minimum Gasteiger partial charge on any atom is -0.496 e. The third-order valence-electron chi connectivity index (χ3n) is 4.28. The number of hydrogen-bond acceptors (Lipinski definition) is 5. The largest absolute Gasteiger partial charge is 0.496 e. The quantitative estimate of drug-likeness (QED) is 0.545. The Kier molecular flexibility index (Phi) is 7.56. The van der Waals surface area contributed by atoms with E-state index >= 15 is 0 Å². The normalized spacial score (nSPS) is 13.5. The number of fused-ring (bicyclic) bond motifs is 1. The number of ether oxygens (including phenoxy) is 2. The number of allylic oxidation sites excluding steroid dienone is 2. The molecule has 0 spiro atoms. The summed E-state index contributed by atoms with van der Waals surface area (Å²) in [5.74, 6) is 1.32. The Bertz CT molecular complexity index is 664. The van der Waals surface area contributed by atoms with Gasteiger partial charge < -0.3 is 9.47 Å². The lowest BCUT2D eigenvalue weighted by molar-refractivity contribution is 0.0986. The van der Waals surface area contributed by atoms with Gasteiger partial charge in [-0.05, 0) is 24.3 Å². The van der Waals surface area contributed by atoms with Crippen LogP contribution in [0.15, 0.2) is 23.1 Å². The summed E-state index contributed by atoms with van der Waals surface area (Å²) >= 11 is 1.46. The van der Waals surface area contributed by atoms with Crippen molar-refractivity contribution < 1.29 is 19.1 Å². The Morgan fingerprint density at radius 3 is 2.12 bits per heavy atom. The highest BCUT2D eigenvalue weighted by molar-refractivity contribution is 8.04. The maximum absolute atomic E-state index is 12.8. The highest BCUT2D eigenvalue weighted by atomic mass is 32.2. The minimum absolute atomic E-state index is 0.152. The van der Waals surface area contributed by atoms with Gasteiger partial charge in [0.05, 0.1) is 30.3 Å². The second-order valence-corrected chi connectivity index (χ2v) is 7.18. The Balaban J connectivity index is 2.06. The van der Waals surface area contributed by atoms with Gasteiger partial charge in [0, 0.05) is 6.08 Å². The van der Waals surface area contributed by atoms with E-state index in [2.05, 4.69) is 6.92 Å². The van der Waals surface area contributed by atoms with Crippen LogP contribution in [0.25, 0.3) is 0 Å². The van der Waals surface area contributed by atoms with Crippen molar-refractivity contribution in [3.63, 3.8) is 0 Å². The standard InChI is InChI=1S/C20H26O4S/c1-4-5-6-7-8-9-12-25-17-13-14(21)18-15(23-2)10-11-16(24-3)19(18)20(17)22/h10-11,13H,4-9,12H2,1-3H3. The maximum Gasteiger partial charge on any atom is 0.204 e. The number of Topliss-reactive ketones (excluding diaryl/α,β-unsaturated/α-hetero) is 1. The van der Waals surface area contributed by atoms with E-state index in [0.29, 0.717) is 27.5 Å². The van der Waals surface area contributed by atoms with Crippen LogP contribution < -0.4 is 9.47 Å². The fourth-order valence-electron chi connectivity index (χ4n) is 2.93. The molecule has 136 valence electrons. The third-order valence-corrected chi connectivity index (χ3v) is 5.39. The second-order valence-electron chi connectivity index (χ2n) is 6.04. The molecule has 0 aromatic heterocycles. The summed E-state index contributed by atoms with van der Waals surface area (Å²) in [6.45, 7) is 2.20. The number of hydrogen-bond donors (Lipinski definition) is 0. The van der Waals surface area contributed by atoms with E-state index in [-0.39, 0.29) is 11.6 Å². The smallest absolute Gasteiger partial charge is 0.204 e. The van der Waals surface area contributed by atoms with Gasteiger partial charge in [-0.1, -0.05) is 39.0 Å². The van der Waals surface area contributed by atoms with Gasteiger partial charge in [0.25, 0.3) is 0 Å². The second kappa shape index (κ2) is 9.66. The predicted octanol–water partition coefficient (Wildman–Crippen LogP) is 5.06. The molecule has 0 saturated carbocycles. The van der Waals surface area contributed by atoms with Gasteiger partial charge in [0.2, 0.25) is 5.78 Å². The van der Waals surface area contributed by atoms with Gasteiger partial charge >= 0.3 is 0 Å². The molecule has 1 aliphatic rings. The summed E-state index contributed by atoms with van der Waals surface area (Å²) in [5.41, 5.74) is 0.621. The molecule has 0 atom stereocenters. The molecule has 1 aromatic rings. The SMILES string of the molecule is CCCCCCCCSC1=CC(=O)c2c(OC)ccc(OC)c2C1=O. The van der Waals surface area contributed by atoms with Crippen LogP contribution in [-0.4, -0.2) is 31.5 Å². The van der Waals surface area contributed by atoms with Gasteiger partial charge in [0.1, 0.15) is 11.5 Å². The molecule has 0 amide bonds. The van der Waals surface area contributed by atoms with E-state index in [0.717, 1.165) is 18.6 Å². The van der Waals surface area contributed by atoms with Crippen molar-refractivity contribution in [1.82, 2.24) is 0 Å². The zero-order valence-corrected chi connectivity index (χ0v) is 16.0. The van der Waals surface area contributed by atoms with Crippen LogP contribution in [0, 0.1) is 0 Å². The zero-order valence-electron chi connectivity index (χ0n) is 15.2. The molecule has 1 aliphatic carbocycles. The molecule has 0 unspecified atom stereocenters. The van der Waals surface area contributed by atoms with Gasteiger partial charge in [0.15, 0.2) is 5.78 Å². The first-order chi connectivity index (χ1) is 12.1. The molecule has 2 rings (SSSR count). The van der Waals surface area contributed by atoms with E-state index in [9.17, 15) is 9.59 Å². The molecule has 1 aromatic carbocycles. The number of thioether (sulfide) groups is 1. The average Bonchev–Trinajstić information content (AvgIpc) is 2.63. The highest BCUT2D eigenvalue weighted by Crippen LogP contribution is 2.38. The number of carbonyl (C=O) groups is 2. The first-order valence-corrected chi connectivity index (χ1v) is 9.81. The van der Waals surface area contributed by atoms with Crippen LogP contribution in [0.2, 0.25) is 0 Å². The van der Waals surface area contributed by atoms with Crippen LogP contribution in [0.1, 0.15) is 66.2 Å². The van der Waals surface area contributed by atoms with Crippen LogP contribution in [0.3, 0.4) is 0 Å². The van der Waals surface area contributed by atoms with E-state index in [1.807, 2.05) is 0 Å². The number of rotatable bonds is 10.